The van der Waals surface area contributed by atoms with Gasteiger partial charge in [0.05, 0.1) is 5.69 Å². The van der Waals surface area contributed by atoms with Crippen LogP contribution in [-0.4, -0.2) is 14.4 Å². The molecule has 0 N–H and O–H groups in total. The van der Waals surface area contributed by atoms with Crippen molar-refractivity contribution in [2.45, 2.75) is 27.2 Å². The summed E-state index contributed by atoms with van der Waals surface area (Å²) in [5.41, 5.74) is 3.35. The summed E-state index contributed by atoms with van der Waals surface area (Å²) in [4.78, 5) is 8.78. The number of hydrogen-bond donors (Lipinski definition) is 0. The number of aryl methyl sites for hydroxylation is 3. The largest absolute Gasteiger partial charge is 0.291 e. The van der Waals surface area contributed by atoms with E-state index in [1.54, 1.807) is 0 Å². The zero-order valence-electron chi connectivity index (χ0n) is 8.20. The normalized spacial score (nSPS) is 11.0. The van der Waals surface area contributed by atoms with E-state index in [1.807, 2.05) is 17.5 Å². The fourth-order valence-electron chi connectivity index (χ4n) is 1.32. The van der Waals surface area contributed by atoms with Gasteiger partial charge in [0.1, 0.15) is 0 Å². The maximum absolute atomic E-state index is 4.40. The monoisotopic (exact) mass is 175 g/mol. The van der Waals surface area contributed by atoms with Crippen molar-refractivity contribution in [2.24, 2.45) is 0 Å². The smallest absolute Gasteiger partial charge is 0.234 e. The summed E-state index contributed by atoms with van der Waals surface area (Å²) in [7, 11) is 0. The molecule has 2 aromatic rings. The van der Waals surface area contributed by atoms with Crippen LogP contribution < -0.4 is 0 Å². The van der Waals surface area contributed by atoms with Crippen LogP contribution in [0.15, 0.2) is 12.4 Å². The lowest BCUT2D eigenvalue weighted by atomic mass is 10.3. The Kier molecular flexibility index (Phi) is 1.79. The number of fused-ring (bicyclic) bond motifs is 1. The molecule has 0 bridgehead atoms. The molecule has 0 unspecified atom stereocenters. The average molecular weight is 175 g/mol. The van der Waals surface area contributed by atoms with Gasteiger partial charge in [-0.1, -0.05) is 6.92 Å². The Bertz CT molecular complexity index is 404. The van der Waals surface area contributed by atoms with Crippen molar-refractivity contribution in [3.8, 4) is 0 Å². The van der Waals surface area contributed by atoms with Gasteiger partial charge < -0.3 is 0 Å². The average Bonchev–Trinajstić information content (AvgIpc) is 2.48. The Labute approximate surface area is 77.4 Å². The molecule has 0 aliphatic heterocycles. The molecule has 68 valence electrons. The Balaban J connectivity index is 2.70. The maximum Gasteiger partial charge on any atom is 0.234 e. The molecule has 0 amide bonds. The van der Waals surface area contributed by atoms with Crippen LogP contribution >= 0.6 is 0 Å². The van der Waals surface area contributed by atoms with Crippen LogP contribution in [0.25, 0.3) is 5.78 Å². The van der Waals surface area contributed by atoms with Crippen LogP contribution in [0.3, 0.4) is 0 Å². The van der Waals surface area contributed by atoms with Crippen molar-refractivity contribution < 1.29 is 0 Å². The highest BCUT2D eigenvalue weighted by atomic mass is 15.1. The van der Waals surface area contributed by atoms with Gasteiger partial charge >= 0.3 is 0 Å². The lowest BCUT2D eigenvalue weighted by Gasteiger charge is -1.98. The van der Waals surface area contributed by atoms with Gasteiger partial charge in [0.15, 0.2) is 0 Å². The minimum absolute atomic E-state index is 0.806. The summed E-state index contributed by atoms with van der Waals surface area (Å²) >= 11 is 0. The second-order valence-corrected chi connectivity index (χ2v) is 3.30. The lowest BCUT2D eigenvalue weighted by molar-refractivity contribution is 1.03. The number of rotatable bonds is 1. The molecule has 13 heavy (non-hydrogen) atoms. The molecule has 2 aromatic heterocycles. The molecule has 0 spiro atoms. The number of hydrogen-bond acceptors (Lipinski definition) is 2. The molecule has 0 aliphatic rings. The molecule has 0 saturated heterocycles. The van der Waals surface area contributed by atoms with Crippen molar-refractivity contribution in [2.75, 3.05) is 0 Å². The standard InChI is InChI=1S/C10H13N3/c1-4-9-6-13-5-7(2)8(3)11-10(13)12-9/h5-6H,4H2,1-3H3. The summed E-state index contributed by atoms with van der Waals surface area (Å²) in [5.74, 6) is 0.806. The van der Waals surface area contributed by atoms with Crippen LogP contribution in [0.5, 0.6) is 0 Å². The third-order valence-corrected chi connectivity index (χ3v) is 2.30. The van der Waals surface area contributed by atoms with Gasteiger partial charge in [0, 0.05) is 18.1 Å². The van der Waals surface area contributed by atoms with Crippen LogP contribution in [-0.2, 0) is 6.42 Å². The summed E-state index contributed by atoms with van der Waals surface area (Å²) in [5, 5.41) is 0. The van der Waals surface area contributed by atoms with E-state index in [4.69, 9.17) is 0 Å². The van der Waals surface area contributed by atoms with Gasteiger partial charge in [0.25, 0.3) is 0 Å². The van der Waals surface area contributed by atoms with E-state index < -0.39 is 0 Å². The first-order valence-electron chi connectivity index (χ1n) is 4.52. The zero-order chi connectivity index (χ0) is 9.42. The van der Waals surface area contributed by atoms with E-state index in [1.165, 1.54) is 5.56 Å². The minimum atomic E-state index is 0.806. The molecule has 3 nitrogen and oxygen atoms in total. The first-order valence-corrected chi connectivity index (χ1v) is 4.52. The van der Waals surface area contributed by atoms with Crippen molar-refractivity contribution in [3.05, 3.63) is 29.3 Å². The van der Waals surface area contributed by atoms with Gasteiger partial charge in [-0.05, 0) is 25.8 Å². The Morgan fingerprint density at radius 2 is 2.00 bits per heavy atom. The quantitative estimate of drug-likeness (QED) is 0.662. The van der Waals surface area contributed by atoms with E-state index in [-0.39, 0.29) is 0 Å². The summed E-state index contributed by atoms with van der Waals surface area (Å²) in [6, 6.07) is 0. The predicted molar refractivity (Wildman–Crippen MR) is 51.8 cm³/mol. The summed E-state index contributed by atoms with van der Waals surface area (Å²) in [6.07, 6.45) is 5.07. The topological polar surface area (TPSA) is 30.2 Å². The first-order chi connectivity index (χ1) is 6.20. The molecular weight excluding hydrogens is 162 g/mol. The molecule has 0 aliphatic carbocycles. The van der Waals surface area contributed by atoms with Crippen LogP contribution in [0, 0.1) is 13.8 Å². The van der Waals surface area contributed by atoms with E-state index in [9.17, 15) is 0 Å². The maximum atomic E-state index is 4.40. The molecule has 0 aromatic carbocycles. The molecular formula is C10H13N3. The van der Waals surface area contributed by atoms with Crippen LogP contribution in [0.1, 0.15) is 23.9 Å². The second kappa shape index (κ2) is 2.83. The Morgan fingerprint density at radius 1 is 1.23 bits per heavy atom. The third-order valence-electron chi connectivity index (χ3n) is 2.30. The molecule has 2 heterocycles. The van der Waals surface area contributed by atoms with Gasteiger partial charge in [-0.3, -0.25) is 4.40 Å². The molecule has 2 rings (SSSR count). The Hall–Kier alpha value is -1.38. The highest BCUT2D eigenvalue weighted by molar-refractivity contribution is 5.34. The SMILES string of the molecule is CCc1cn2cc(C)c(C)nc2n1. The van der Waals surface area contributed by atoms with E-state index in [0.29, 0.717) is 0 Å². The van der Waals surface area contributed by atoms with E-state index >= 15 is 0 Å². The summed E-state index contributed by atoms with van der Waals surface area (Å²) in [6.45, 7) is 6.17. The van der Waals surface area contributed by atoms with Crippen molar-refractivity contribution in [1.82, 2.24) is 14.4 Å². The van der Waals surface area contributed by atoms with Gasteiger partial charge in [-0.2, -0.15) is 0 Å². The predicted octanol–water partition coefficient (Wildman–Crippen LogP) is 1.91. The fourth-order valence-corrected chi connectivity index (χ4v) is 1.32. The van der Waals surface area contributed by atoms with Gasteiger partial charge in [0.2, 0.25) is 5.78 Å². The number of aromatic nitrogens is 3. The number of nitrogens with zero attached hydrogens (tertiary/aromatic N) is 3. The fraction of sp³-hybridized carbons (Fsp3) is 0.400. The van der Waals surface area contributed by atoms with E-state index in [0.717, 1.165) is 23.6 Å². The highest BCUT2D eigenvalue weighted by Crippen LogP contribution is 2.08. The van der Waals surface area contributed by atoms with Crippen molar-refractivity contribution >= 4 is 5.78 Å². The number of imidazole rings is 1. The van der Waals surface area contributed by atoms with Crippen LogP contribution in [0.4, 0.5) is 0 Å². The molecule has 0 fully saturated rings. The second-order valence-electron chi connectivity index (χ2n) is 3.30. The first kappa shape index (κ1) is 8.23. The van der Waals surface area contributed by atoms with Crippen molar-refractivity contribution in [1.29, 1.82) is 0 Å². The highest BCUT2D eigenvalue weighted by Gasteiger charge is 2.02. The van der Waals surface area contributed by atoms with Crippen LogP contribution in [0.2, 0.25) is 0 Å². The molecule has 0 radical (unpaired) electrons. The van der Waals surface area contributed by atoms with Gasteiger partial charge in [-0.25, -0.2) is 9.97 Å². The molecule has 0 saturated carbocycles. The molecule has 0 atom stereocenters. The third kappa shape index (κ3) is 1.30. The zero-order valence-corrected chi connectivity index (χ0v) is 8.20. The lowest BCUT2D eigenvalue weighted by Crippen LogP contribution is -1.93. The molecule has 3 heteroatoms. The van der Waals surface area contributed by atoms with Gasteiger partial charge in [-0.15, -0.1) is 0 Å². The van der Waals surface area contributed by atoms with E-state index in [2.05, 4.69) is 30.0 Å². The summed E-state index contributed by atoms with van der Waals surface area (Å²) < 4.78 is 1.99. The van der Waals surface area contributed by atoms with Crippen molar-refractivity contribution in [3.63, 3.8) is 0 Å². The minimum Gasteiger partial charge on any atom is -0.291 e. The Morgan fingerprint density at radius 3 is 2.69 bits per heavy atom.